The third-order valence-corrected chi connectivity index (χ3v) is 3.70. The number of nitrogens with one attached hydrogen (secondary N) is 1. The summed E-state index contributed by atoms with van der Waals surface area (Å²) in [5.41, 5.74) is 8.82. The normalized spacial score (nSPS) is 16.7. The Morgan fingerprint density at radius 2 is 2.05 bits per heavy atom. The molecule has 0 spiro atoms. The van der Waals surface area contributed by atoms with Crippen LogP contribution in [-0.4, -0.2) is 27.4 Å². The third-order valence-electron chi connectivity index (χ3n) is 3.70. The molecule has 0 radical (unpaired) electrons. The topological polar surface area (TPSA) is 128 Å². The zero-order valence-electron chi connectivity index (χ0n) is 11.7. The summed E-state index contributed by atoms with van der Waals surface area (Å²) in [6.07, 6.45) is 0. The largest absolute Gasteiger partial charge is 0.488 e. The number of H-pyrrole nitrogens is 1. The Balaban J connectivity index is 2.14. The molecule has 8 heteroatoms. The summed E-state index contributed by atoms with van der Waals surface area (Å²) in [5.74, 6) is -0.0274. The number of hydrogen-bond donors (Lipinski definition) is 4. The van der Waals surface area contributed by atoms with Crippen molar-refractivity contribution in [3.05, 3.63) is 52.5 Å². The lowest BCUT2D eigenvalue weighted by molar-refractivity contribution is 0.379. The van der Waals surface area contributed by atoms with Crippen molar-refractivity contribution in [2.24, 2.45) is 5.73 Å². The van der Waals surface area contributed by atoms with E-state index in [9.17, 15) is 15.3 Å². The molecule has 5 N–H and O–H groups in total. The fraction of sp³-hybridized carbons (Fsp3) is 0.143. The minimum Gasteiger partial charge on any atom is -0.423 e. The van der Waals surface area contributed by atoms with Gasteiger partial charge in [-0.15, -0.1) is 5.10 Å². The van der Waals surface area contributed by atoms with Crippen LogP contribution in [0.3, 0.4) is 0 Å². The molecule has 1 aromatic carbocycles. The summed E-state index contributed by atoms with van der Waals surface area (Å²) in [4.78, 5) is 0. The van der Waals surface area contributed by atoms with Gasteiger partial charge in [0.05, 0.1) is 5.92 Å². The predicted octanol–water partition coefficient (Wildman–Crippen LogP) is -0.384. The first-order valence-electron chi connectivity index (χ1n) is 6.61. The second-order valence-corrected chi connectivity index (χ2v) is 5.03. The minimum absolute atomic E-state index is 0.0257. The van der Waals surface area contributed by atoms with Crippen molar-refractivity contribution in [1.29, 1.82) is 5.26 Å². The predicted molar refractivity (Wildman–Crippen MR) is 78.9 cm³/mol. The Morgan fingerprint density at radius 3 is 2.64 bits per heavy atom. The van der Waals surface area contributed by atoms with Crippen LogP contribution in [0.1, 0.15) is 22.7 Å². The molecule has 0 bridgehead atoms. The quantitative estimate of drug-likeness (QED) is 0.559. The van der Waals surface area contributed by atoms with Crippen LogP contribution < -0.4 is 15.9 Å². The molecule has 0 fully saturated rings. The highest BCUT2D eigenvalue weighted by Crippen LogP contribution is 2.42. The van der Waals surface area contributed by atoms with Crippen LogP contribution in [0.25, 0.3) is 0 Å². The second kappa shape index (κ2) is 5.22. The molecule has 110 valence electrons. The molecule has 22 heavy (non-hydrogen) atoms. The molecule has 1 aromatic heterocycles. The van der Waals surface area contributed by atoms with E-state index in [2.05, 4.69) is 16.3 Å². The number of allylic oxidation sites excluding steroid dienone is 1. The number of hydrogen-bond acceptors (Lipinski definition) is 6. The van der Waals surface area contributed by atoms with Gasteiger partial charge in [-0.2, -0.15) is 5.26 Å². The minimum atomic E-state index is -1.54. The molecule has 1 unspecified atom stereocenters. The van der Waals surface area contributed by atoms with E-state index in [0.717, 1.165) is 16.8 Å². The fourth-order valence-electron chi connectivity index (χ4n) is 2.59. The molecular weight excluding hydrogens is 283 g/mol. The number of nitriles is 1. The molecule has 7 nitrogen and oxygen atoms in total. The van der Waals surface area contributed by atoms with Gasteiger partial charge in [0.2, 0.25) is 11.8 Å². The highest BCUT2D eigenvalue weighted by atomic mass is 16.5. The van der Waals surface area contributed by atoms with Gasteiger partial charge in [-0.05, 0) is 17.9 Å². The van der Waals surface area contributed by atoms with Crippen LogP contribution in [0.5, 0.6) is 5.88 Å². The SMILES string of the molecule is Cc1[nH]nc2c1C(c1ccc(B(O)O)cc1)C(C#N)=C(N)O2. The average Bonchev–Trinajstić information content (AvgIpc) is 2.87. The Morgan fingerprint density at radius 1 is 1.36 bits per heavy atom. The first kappa shape index (κ1) is 14.2. The maximum absolute atomic E-state index is 9.41. The number of aromatic nitrogens is 2. The third kappa shape index (κ3) is 2.13. The summed E-state index contributed by atoms with van der Waals surface area (Å²) in [6, 6.07) is 8.73. The Bertz CT molecular complexity index is 789. The Kier molecular flexibility index (Phi) is 3.37. The number of nitrogens with two attached hydrogens (primary N) is 1. The highest BCUT2D eigenvalue weighted by Gasteiger charge is 2.34. The van der Waals surface area contributed by atoms with Crippen LogP contribution in [0.2, 0.25) is 0 Å². The smallest absolute Gasteiger partial charge is 0.423 e. The molecule has 3 rings (SSSR count). The number of ether oxygens (including phenoxy) is 1. The lowest BCUT2D eigenvalue weighted by atomic mass is 9.77. The molecule has 0 amide bonds. The van der Waals surface area contributed by atoms with Crippen molar-refractivity contribution in [2.75, 3.05) is 0 Å². The van der Waals surface area contributed by atoms with Gasteiger partial charge in [0, 0.05) is 11.3 Å². The summed E-state index contributed by atoms with van der Waals surface area (Å²) in [7, 11) is -1.54. The molecule has 1 aliphatic rings. The summed E-state index contributed by atoms with van der Waals surface area (Å²) in [5, 5.41) is 34.6. The van der Waals surface area contributed by atoms with Gasteiger partial charge < -0.3 is 20.5 Å². The molecule has 2 aromatic rings. The lowest BCUT2D eigenvalue weighted by Gasteiger charge is -2.23. The van der Waals surface area contributed by atoms with E-state index in [0.29, 0.717) is 16.9 Å². The Hall–Kier alpha value is -2.76. The first-order chi connectivity index (χ1) is 10.5. The van der Waals surface area contributed by atoms with E-state index in [1.54, 1.807) is 24.3 Å². The van der Waals surface area contributed by atoms with Gasteiger partial charge in [-0.3, -0.25) is 5.10 Å². The van der Waals surface area contributed by atoms with Crippen LogP contribution in [0.15, 0.2) is 35.7 Å². The van der Waals surface area contributed by atoms with E-state index >= 15 is 0 Å². The molecule has 2 heterocycles. The lowest BCUT2D eigenvalue weighted by Crippen LogP contribution is -2.29. The number of fused-ring (bicyclic) bond motifs is 1. The Labute approximate surface area is 126 Å². The molecular formula is C14H13BN4O3. The summed E-state index contributed by atoms with van der Waals surface area (Å²) >= 11 is 0. The van der Waals surface area contributed by atoms with Crippen LogP contribution in [0.4, 0.5) is 0 Å². The number of nitrogens with zero attached hydrogens (tertiary/aromatic N) is 2. The van der Waals surface area contributed by atoms with Crippen molar-refractivity contribution < 1.29 is 14.8 Å². The fourth-order valence-corrected chi connectivity index (χ4v) is 2.59. The zero-order valence-corrected chi connectivity index (χ0v) is 11.7. The van der Waals surface area contributed by atoms with Gasteiger partial charge in [-0.1, -0.05) is 24.3 Å². The summed E-state index contributed by atoms with van der Waals surface area (Å²) in [6.45, 7) is 1.84. The van der Waals surface area contributed by atoms with E-state index in [1.165, 1.54) is 0 Å². The van der Waals surface area contributed by atoms with Gasteiger partial charge in [0.25, 0.3) is 0 Å². The van der Waals surface area contributed by atoms with Gasteiger partial charge in [0.15, 0.2) is 0 Å². The van der Waals surface area contributed by atoms with Crippen molar-refractivity contribution in [3.8, 4) is 11.9 Å². The van der Waals surface area contributed by atoms with Gasteiger partial charge >= 0.3 is 7.12 Å². The van der Waals surface area contributed by atoms with Crippen molar-refractivity contribution in [2.45, 2.75) is 12.8 Å². The molecule has 0 aliphatic carbocycles. The monoisotopic (exact) mass is 296 g/mol. The average molecular weight is 296 g/mol. The van der Waals surface area contributed by atoms with Crippen LogP contribution in [-0.2, 0) is 0 Å². The number of aromatic amines is 1. The van der Waals surface area contributed by atoms with Crippen molar-refractivity contribution in [3.63, 3.8) is 0 Å². The number of benzene rings is 1. The molecule has 0 saturated heterocycles. The standard InChI is InChI=1S/C14H13BN4O3/c1-7-11-12(8-2-4-9(5-3-8)15(20)21)10(6-16)13(17)22-14(11)19-18-7/h2-5,12,20-21H,17H2,1H3,(H,18,19). The van der Waals surface area contributed by atoms with E-state index in [-0.39, 0.29) is 5.88 Å². The maximum Gasteiger partial charge on any atom is 0.488 e. The van der Waals surface area contributed by atoms with Gasteiger partial charge in [0.1, 0.15) is 11.6 Å². The van der Waals surface area contributed by atoms with Gasteiger partial charge in [-0.25, -0.2) is 0 Å². The highest BCUT2D eigenvalue weighted by molar-refractivity contribution is 6.58. The number of rotatable bonds is 2. The molecule has 0 saturated carbocycles. The zero-order chi connectivity index (χ0) is 15.9. The molecule has 1 atom stereocenters. The van der Waals surface area contributed by atoms with E-state index in [1.807, 2.05) is 6.92 Å². The van der Waals surface area contributed by atoms with Crippen molar-refractivity contribution in [1.82, 2.24) is 10.2 Å². The maximum atomic E-state index is 9.41. The van der Waals surface area contributed by atoms with Crippen LogP contribution >= 0.6 is 0 Å². The van der Waals surface area contributed by atoms with E-state index < -0.39 is 13.0 Å². The van der Waals surface area contributed by atoms with Crippen LogP contribution in [0, 0.1) is 18.3 Å². The molecule has 1 aliphatic heterocycles. The summed E-state index contributed by atoms with van der Waals surface area (Å²) < 4.78 is 5.38. The first-order valence-corrected chi connectivity index (χ1v) is 6.61. The van der Waals surface area contributed by atoms with Crippen molar-refractivity contribution >= 4 is 12.6 Å². The van der Waals surface area contributed by atoms with E-state index in [4.69, 9.17) is 10.5 Å². The number of aryl methyl sites for hydroxylation is 1. The second-order valence-electron chi connectivity index (χ2n) is 5.03.